The van der Waals surface area contributed by atoms with E-state index in [0.717, 1.165) is 19.6 Å². The van der Waals surface area contributed by atoms with Gasteiger partial charge in [-0.3, -0.25) is 0 Å². The van der Waals surface area contributed by atoms with Crippen LogP contribution < -0.4 is 4.72 Å². The molecule has 110 valence electrons. The van der Waals surface area contributed by atoms with Crippen molar-refractivity contribution in [3.8, 4) is 5.75 Å². The van der Waals surface area contributed by atoms with Gasteiger partial charge < -0.3 is 9.84 Å². The molecule has 7 heteroatoms. The number of phenolic OH excluding ortho intramolecular Hbond substituents is 1. The first-order valence-electron chi connectivity index (χ1n) is 6.11. The second-order valence-corrected chi connectivity index (χ2v) is 7.25. The molecule has 6 nitrogen and oxygen atoms in total. The Labute approximate surface area is 117 Å². The van der Waals surface area contributed by atoms with E-state index < -0.39 is 16.0 Å². The molecule has 0 aromatic heterocycles. The van der Waals surface area contributed by atoms with Crippen LogP contribution in [0.15, 0.2) is 23.1 Å². The number of phenols is 1. The second kappa shape index (κ2) is 4.75. The van der Waals surface area contributed by atoms with Gasteiger partial charge in [0.25, 0.3) is 0 Å². The molecule has 1 aromatic rings. The Morgan fingerprint density at radius 3 is 2.55 bits per heavy atom. The number of carbonyl (C=O) groups excluding carboxylic acids is 1. The highest BCUT2D eigenvalue weighted by Crippen LogP contribution is 2.45. The lowest BCUT2D eigenvalue weighted by molar-refractivity contribution is 0.0597. The van der Waals surface area contributed by atoms with Gasteiger partial charge in [0, 0.05) is 6.04 Å². The van der Waals surface area contributed by atoms with Crippen LogP contribution in [0.5, 0.6) is 5.75 Å². The smallest absolute Gasteiger partial charge is 0.341 e. The highest BCUT2D eigenvalue weighted by atomic mass is 32.2. The summed E-state index contributed by atoms with van der Waals surface area (Å²) in [5.41, 5.74) is -0.222. The highest BCUT2D eigenvalue weighted by Gasteiger charge is 2.47. The molecule has 0 radical (unpaired) electrons. The number of esters is 1. The second-order valence-electron chi connectivity index (χ2n) is 5.54. The van der Waals surface area contributed by atoms with E-state index >= 15 is 0 Å². The summed E-state index contributed by atoms with van der Waals surface area (Å²) in [7, 11) is -2.56. The van der Waals surface area contributed by atoms with E-state index in [1.807, 2.05) is 13.8 Å². The molecule has 1 aromatic carbocycles. The van der Waals surface area contributed by atoms with Crippen LogP contribution in [0.25, 0.3) is 0 Å². The van der Waals surface area contributed by atoms with Gasteiger partial charge in [0.1, 0.15) is 11.3 Å². The zero-order valence-electron chi connectivity index (χ0n) is 11.5. The van der Waals surface area contributed by atoms with E-state index in [2.05, 4.69) is 9.46 Å². The van der Waals surface area contributed by atoms with E-state index in [-0.39, 0.29) is 27.7 Å². The van der Waals surface area contributed by atoms with Crippen molar-refractivity contribution in [1.29, 1.82) is 0 Å². The fraction of sp³-hybridized carbons (Fsp3) is 0.462. The number of benzene rings is 1. The van der Waals surface area contributed by atoms with Crippen LogP contribution >= 0.6 is 0 Å². The summed E-state index contributed by atoms with van der Waals surface area (Å²) in [6, 6.07) is 3.42. The molecule has 0 aliphatic heterocycles. The number of rotatable bonds is 4. The van der Waals surface area contributed by atoms with Gasteiger partial charge in [0.05, 0.1) is 12.0 Å². The number of hydrogen-bond donors (Lipinski definition) is 2. The summed E-state index contributed by atoms with van der Waals surface area (Å²) in [4.78, 5) is 11.4. The first-order chi connectivity index (χ1) is 9.17. The molecule has 2 N–H and O–H groups in total. The number of hydrogen-bond acceptors (Lipinski definition) is 5. The molecule has 1 atom stereocenters. The summed E-state index contributed by atoms with van der Waals surface area (Å²) < 4.78 is 31.5. The van der Waals surface area contributed by atoms with Gasteiger partial charge in [0.2, 0.25) is 10.0 Å². The van der Waals surface area contributed by atoms with E-state index in [9.17, 15) is 18.3 Å². The lowest BCUT2D eigenvalue weighted by atomic mass is 10.2. The molecule has 0 amide bonds. The van der Waals surface area contributed by atoms with Crippen LogP contribution in [0.1, 0.15) is 30.6 Å². The zero-order chi connectivity index (χ0) is 15.1. The molecule has 2 rings (SSSR count). The number of methoxy groups -OCH3 is 1. The summed E-state index contributed by atoms with van der Waals surface area (Å²) in [6.07, 6.45) is 0.772. The lowest BCUT2D eigenvalue weighted by Crippen LogP contribution is -2.28. The van der Waals surface area contributed by atoms with Gasteiger partial charge >= 0.3 is 5.97 Å². The third-order valence-corrected chi connectivity index (χ3v) is 4.96. The Morgan fingerprint density at radius 2 is 2.05 bits per heavy atom. The minimum absolute atomic E-state index is 0.0465. The van der Waals surface area contributed by atoms with Gasteiger partial charge in [-0.2, -0.15) is 0 Å². The molecule has 1 aliphatic rings. The summed E-state index contributed by atoms with van der Waals surface area (Å²) in [6.45, 7) is 3.94. The van der Waals surface area contributed by atoms with Gasteiger partial charge in [-0.15, -0.1) is 0 Å². The Morgan fingerprint density at radius 1 is 1.45 bits per heavy atom. The third kappa shape index (κ3) is 2.78. The van der Waals surface area contributed by atoms with Crippen molar-refractivity contribution in [2.75, 3.05) is 7.11 Å². The molecule has 0 saturated heterocycles. The van der Waals surface area contributed by atoms with Crippen molar-refractivity contribution in [1.82, 2.24) is 4.72 Å². The Bertz CT molecular complexity index is 651. The average molecular weight is 299 g/mol. The molecule has 0 spiro atoms. The van der Waals surface area contributed by atoms with E-state index in [1.54, 1.807) is 0 Å². The Kier molecular flexibility index (Phi) is 3.51. The van der Waals surface area contributed by atoms with Gasteiger partial charge in [-0.1, -0.05) is 13.8 Å². The predicted molar refractivity (Wildman–Crippen MR) is 72.0 cm³/mol. The highest BCUT2D eigenvalue weighted by molar-refractivity contribution is 7.89. The van der Waals surface area contributed by atoms with Crippen molar-refractivity contribution in [3.05, 3.63) is 23.8 Å². The van der Waals surface area contributed by atoms with Crippen LogP contribution in [-0.4, -0.2) is 32.6 Å². The average Bonchev–Trinajstić information content (AvgIpc) is 2.94. The first kappa shape index (κ1) is 14.8. The van der Waals surface area contributed by atoms with Crippen molar-refractivity contribution in [2.45, 2.75) is 31.2 Å². The number of nitrogens with one attached hydrogen (secondary N) is 1. The van der Waals surface area contributed by atoms with Gasteiger partial charge in [0.15, 0.2) is 0 Å². The van der Waals surface area contributed by atoms with Crippen molar-refractivity contribution < 1.29 is 23.1 Å². The number of sulfonamides is 1. The lowest BCUT2D eigenvalue weighted by Gasteiger charge is -2.10. The molecule has 1 saturated carbocycles. The van der Waals surface area contributed by atoms with E-state index in [1.165, 1.54) is 12.1 Å². The minimum atomic E-state index is -3.72. The predicted octanol–water partition coefficient (Wildman–Crippen LogP) is 1.26. The molecule has 1 aliphatic carbocycles. The van der Waals surface area contributed by atoms with Crippen molar-refractivity contribution >= 4 is 16.0 Å². The van der Waals surface area contributed by atoms with Crippen molar-refractivity contribution in [2.24, 2.45) is 5.41 Å². The summed E-state index contributed by atoms with van der Waals surface area (Å²) in [5, 5.41) is 9.56. The molecular formula is C13H17NO5S. The van der Waals surface area contributed by atoms with Crippen LogP contribution in [0.3, 0.4) is 0 Å². The maximum atomic E-state index is 12.2. The van der Waals surface area contributed by atoms with E-state index in [0.29, 0.717) is 0 Å². The first-order valence-corrected chi connectivity index (χ1v) is 7.59. The zero-order valence-corrected chi connectivity index (χ0v) is 12.3. The molecule has 1 fully saturated rings. The Balaban J connectivity index is 2.31. The van der Waals surface area contributed by atoms with Gasteiger partial charge in [-0.25, -0.2) is 17.9 Å². The monoisotopic (exact) mass is 299 g/mol. The molecular weight excluding hydrogens is 282 g/mol. The fourth-order valence-corrected chi connectivity index (χ4v) is 3.31. The van der Waals surface area contributed by atoms with Crippen LogP contribution in [0, 0.1) is 5.41 Å². The maximum absolute atomic E-state index is 12.2. The maximum Gasteiger partial charge on any atom is 0.341 e. The molecule has 0 heterocycles. The molecule has 0 bridgehead atoms. The molecule has 20 heavy (non-hydrogen) atoms. The third-order valence-electron chi connectivity index (χ3n) is 3.49. The van der Waals surface area contributed by atoms with Crippen LogP contribution in [0.4, 0.5) is 0 Å². The standard InChI is InChI=1S/C13H17NO5S/c1-13(2)7-11(13)14-20(17,18)8-4-5-10(15)9(6-8)12(16)19-3/h4-6,11,14-15H,7H2,1-3H3. The quantitative estimate of drug-likeness (QED) is 0.816. The van der Waals surface area contributed by atoms with Gasteiger partial charge in [-0.05, 0) is 30.0 Å². The number of ether oxygens (including phenoxy) is 1. The number of carbonyl (C=O) groups is 1. The summed E-state index contributed by atoms with van der Waals surface area (Å²) in [5.74, 6) is -1.10. The normalized spacial score (nSPS) is 20.4. The van der Waals surface area contributed by atoms with Crippen molar-refractivity contribution in [3.63, 3.8) is 0 Å². The largest absolute Gasteiger partial charge is 0.507 e. The van der Waals surface area contributed by atoms with Crippen LogP contribution in [-0.2, 0) is 14.8 Å². The van der Waals surface area contributed by atoms with E-state index in [4.69, 9.17) is 0 Å². The fourth-order valence-electron chi connectivity index (χ4n) is 1.88. The van der Waals surface area contributed by atoms with Crippen LogP contribution in [0.2, 0.25) is 0 Å². The minimum Gasteiger partial charge on any atom is -0.507 e. The topological polar surface area (TPSA) is 92.7 Å². The molecule has 1 unspecified atom stereocenters. The summed E-state index contributed by atoms with van der Waals surface area (Å²) >= 11 is 0. The SMILES string of the molecule is COC(=O)c1cc(S(=O)(=O)NC2CC2(C)C)ccc1O. The number of aromatic hydroxyl groups is 1. The Hall–Kier alpha value is -1.60.